The SMILES string of the molecule is NCCCOc1ccc(OCc2cc(F)ccc2F)cc1. The second-order valence-electron chi connectivity index (χ2n) is 4.49. The van der Waals surface area contributed by atoms with Gasteiger partial charge >= 0.3 is 0 Å². The summed E-state index contributed by atoms with van der Waals surface area (Å²) in [7, 11) is 0. The molecule has 0 saturated carbocycles. The van der Waals surface area contributed by atoms with Crippen LogP contribution in [0.25, 0.3) is 0 Å². The minimum absolute atomic E-state index is 0.0308. The molecule has 0 spiro atoms. The molecule has 0 aliphatic heterocycles. The van der Waals surface area contributed by atoms with Crippen LogP contribution in [0.2, 0.25) is 0 Å². The lowest BCUT2D eigenvalue weighted by Gasteiger charge is -2.09. The van der Waals surface area contributed by atoms with Crippen molar-refractivity contribution in [2.45, 2.75) is 13.0 Å². The monoisotopic (exact) mass is 293 g/mol. The highest BCUT2D eigenvalue weighted by atomic mass is 19.1. The third kappa shape index (κ3) is 4.72. The van der Waals surface area contributed by atoms with Crippen LogP contribution in [0.4, 0.5) is 8.78 Å². The van der Waals surface area contributed by atoms with Crippen LogP contribution in [0, 0.1) is 11.6 Å². The number of hydrogen-bond acceptors (Lipinski definition) is 3. The number of benzene rings is 2. The summed E-state index contributed by atoms with van der Waals surface area (Å²) in [4.78, 5) is 0. The Bertz CT molecular complexity index is 573. The van der Waals surface area contributed by atoms with Crippen LogP contribution in [0.1, 0.15) is 12.0 Å². The van der Waals surface area contributed by atoms with Gasteiger partial charge in [0.25, 0.3) is 0 Å². The minimum Gasteiger partial charge on any atom is -0.494 e. The van der Waals surface area contributed by atoms with Crippen molar-refractivity contribution in [1.29, 1.82) is 0 Å². The molecule has 2 aromatic rings. The van der Waals surface area contributed by atoms with Crippen molar-refractivity contribution in [3.8, 4) is 11.5 Å². The molecule has 3 nitrogen and oxygen atoms in total. The molecule has 0 amide bonds. The zero-order chi connectivity index (χ0) is 15.1. The lowest BCUT2D eigenvalue weighted by Crippen LogP contribution is -2.06. The van der Waals surface area contributed by atoms with E-state index in [9.17, 15) is 8.78 Å². The van der Waals surface area contributed by atoms with E-state index in [1.807, 2.05) is 0 Å². The fourth-order valence-electron chi connectivity index (χ4n) is 1.72. The molecule has 5 heteroatoms. The Hall–Kier alpha value is -2.14. The smallest absolute Gasteiger partial charge is 0.130 e. The molecule has 0 aliphatic rings. The van der Waals surface area contributed by atoms with Crippen molar-refractivity contribution >= 4 is 0 Å². The lowest BCUT2D eigenvalue weighted by molar-refractivity contribution is 0.295. The number of ether oxygens (including phenoxy) is 2. The molecular weight excluding hydrogens is 276 g/mol. The first-order valence-electron chi connectivity index (χ1n) is 6.68. The minimum atomic E-state index is -0.488. The fraction of sp³-hybridized carbons (Fsp3) is 0.250. The molecule has 2 N–H and O–H groups in total. The summed E-state index contributed by atoms with van der Waals surface area (Å²) in [6.07, 6.45) is 0.789. The van der Waals surface area contributed by atoms with E-state index >= 15 is 0 Å². The number of nitrogens with two attached hydrogens (primary N) is 1. The quantitative estimate of drug-likeness (QED) is 0.797. The van der Waals surface area contributed by atoms with Gasteiger partial charge in [-0.05, 0) is 55.4 Å². The van der Waals surface area contributed by atoms with Gasteiger partial charge in [-0.15, -0.1) is 0 Å². The van der Waals surface area contributed by atoms with Crippen LogP contribution in [-0.4, -0.2) is 13.2 Å². The van der Waals surface area contributed by atoms with Gasteiger partial charge in [0.15, 0.2) is 0 Å². The van der Waals surface area contributed by atoms with E-state index in [0.29, 0.717) is 24.7 Å². The first-order valence-corrected chi connectivity index (χ1v) is 6.68. The molecule has 0 fully saturated rings. The maximum Gasteiger partial charge on any atom is 0.130 e. The highest BCUT2D eigenvalue weighted by Gasteiger charge is 2.05. The van der Waals surface area contributed by atoms with E-state index in [0.717, 1.165) is 24.6 Å². The summed E-state index contributed by atoms with van der Waals surface area (Å²) < 4.78 is 37.3. The van der Waals surface area contributed by atoms with E-state index in [-0.39, 0.29) is 12.2 Å². The van der Waals surface area contributed by atoms with Crippen LogP contribution in [0.3, 0.4) is 0 Å². The molecule has 2 aromatic carbocycles. The van der Waals surface area contributed by atoms with E-state index in [1.54, 1.807) is 24.3 Å². The van der Waals surface area contributed by atoms with Crippen molar-refractivity contribution in [2.24, 2.45) is 5.73 Å². The fourth-order valence-corrected chi connectivity index (χ4v) is 1.72. The molecule has 0 atom stereocenters. The van der Waals surface area contributed by atoms with Gasteiger partial charge in [0, 0.05) is 5.56 Å². The molecule has 2 rings (SSSR count). The highest BCUT2D eigenvalue weighted by Crippen LogP contribution is 2.19. The summed E-state index contributed by atoms with van der Waals surface area (Å²) in [5, 5.41) is 0. The van der Waals surface area contributed by atoms with Crippen LogP contribution < -0.4 is 15.2 Å². The number of rotatable bonds is 7. The first-order chi connectivity index (χ1) is 10.2. The Kier molecular flexibility index (Phi) is 5.51. The predicted octanol–water partition coefficient (Wildman–Crippen LogP) is 3.27. The standard InChI is InChI=1S/C16H17F2NO2/c17-13-2-7-16(18)12(10-13)11-21-15-5-3-14(4-6-15)20-9-1-8-19/h2-7,10H,1,8-9,11,19H2. The average Bonchev–Trinajstić information content (AvgIpc) is 2.50. The zero-order valence-electron chi connectivity index (χ0n) is 11.5. The van der Waals surface area contributed by atoms with Gasteiger partial charge in [0.2, 0.25) is 0 Å². The Labute approximate surface area is 122 Å². The third-order valence-electron chi connectivity index (χ3n) is 2.84. The van der Waals surface area contributed by atoms with Gasteiger partial charge in [-0.2, -0.15) is 0 Å². The molecule has 0 aromatic heterocycles. The first kappa shape index (κ1) is 15.3. The van der Waals surface area contributed by atoms with Gasteiger partial charge in [-0.25, -0.2) is 8.78 Å². The second-order valence-corrected chi connectivity index (χ2v) is 4.49. The second kappa shape index (κ2) is 7.59. The van der Waals surface area contributed by atoms with Crippen molar-refractivity contribution in [1.82, 2.24) is 0 Å². The lowest BCUT2D eigenvalue weighted by atomic mass is 10.2. The zero-order valence-corrected chi connectivity index (χ0v) is 11.5. The molecular formula is C16H17F2NO2. The molecule has 0 unspecified atom stereocenters. The van der Waals surface area contributed by atoms with Gasteiger partial charge < -0.3 is 15.2 Å². The Morgan fingerprint density at radius 3 is 2.24 bits per heavy atom. The van der Waals surface area contributed by atoms with Crippen LogP contribution in [0.15, 0.2) is 42.5 Å². The van der Waals surface area contributed by atoms with Crippen molar-refractivity contribution in [2.75, 3.05) is 13.2 Å². The van der Waals surface area contributed by atoms with Gasteiger partial charge in [-0.1, -0.05) is 0 Å². The number of hydrogen-bond donors (Lipinski definition) is 1. The van der Waals surface area contributed by atoms with Crippen LogP contribution in [0.5, 0.6) is 11.5 Å². The summed E-state index contributed by atoms with van der Waals surface area (Å²) >= 11 is 0. The molecule has 0 aliphatic carbocycles. The highest BCUT2D eigenvalue weighted by molar-refractivity contribution is 5.31. The maximum atomic E-state index is 13.4. The molecule has 112 valence electrons. The largest absolute Gasteiger partial charge is 0.494 e. The van der Waals surface area contributed by atoms with E-state index in [2.05, 4.69) is 0 Å². The average molecular weight is 293 g/mol. The molecule has 0 heterocycles. The maximum absolute atomic E-state index is 13.4. The predicted molar refractivity (Wildman–Crippen MR) is 76.3 cm³/mol. The van der Waals surface area contributed by atoms with Crippen LogP contribution in [-0.2, 0) is 6.61 Å². The van der Waals surface area contributed by atoms with Crippen molar-refractivity contribution in [3.05, 3.63) is 59.7 Å². The van der Waals surface area contributed by atoms with E-state index in [1.165, 1.54) is 0 Å². The van der Waals surface area contributed by atoms with E-state index < -0.39 is 11.6 Å². The topological polar surface area (TPSA) is 44.5 Å². The summed E-state index contributed by atoms with van der Waals surface area (Å²) in [6, 6.07) is 10.2. The van der Waals surface area contributed by atoms with E-state index in [4.69, 9.17) is 15.2 Å². The molecule has 0 saturated heterocycles. The number of halogens is 2. The molecule has 0 radical (unpaired) electrons. The summed E-state index contributed by atoms with van der Waals surface area (Å²) in [5.74, 6) is 0.300. The Balaban J connectivity index is 1.90. The Morgan fingerprint density at radius 2 is 1.57 bits per heavy atom. The molecule has 0 bridgehead atoms. The van der Waals surface area contributed by atoms with Gasteiger partial charge in [0.1, 0.15) is 29.7 Å². The normalized spacial score (nSPS) is 10.4. The molecule has 21 heavy (non-hydrogen) atoms. The summed E-state index contributed by atoms with van der Waals surface area (Å²) in [6.45, 7) is 1.11. The van der Waals surface area contributed by atoms with Gasteiger partial charge in [-0.3, -0.25) is 0 Å². The summed E-state index contributed by atoms with van der Waals surface area (Å²) in [5.41, 5.74) is 5.56. The van der Waals surface area contributed by atoms with Crippen molar-refractivity contribution < 1.29 is 18.3 Å². The Morgan fingerprint density at radius 1 is 0.905 bits per heavy atom. The van der Waals surface area contributed by atoms with Gasteiger partial charge in [0.05, 0.1) is 6.61 Å². The van der Waals surface area contributed by atoms with Crippen LogP contribution >= 0.6 is 0 Å². The van der Waals surface area contributed by atoms with Crippen molar-refractivity contribution in [3.63, 3.8) is 0 Å². The third-order valence-corrected chi connectivity index (χ3v) is 2.84.